The molecule has 0 amide bonds. The van der Waals surface area contributed by atoms with Crippen molar-refractivity contribution in [2.75, 3.05) is 6.54 Å². The van der Waals surface area contributed by atoms with Gasteiger partial charge in [-0.1, -0.05) is 28.9 Å². The maximum absolute atomic E-state index is 3.67. The molecule has 0 spiro atoms. The molecule has 19 heavy (non-hydrogen) atoms. The lowest BCUT2D eigenvalue weighted by Crippen LogP contribution is -2.23. The molecule has 1 atom stereocenters. The summed E-state index contributed by atoms with van der Waals surface area (Å²) in [7, 11) is 0. The van der Waals surface area contributed by atoms with E-state index < -0.39 is 0 Å². The van der Waals surface area contributed by atoms with E-state index in [4.69, 9.17) is 0 Å². The zero-order chi connectivity index (χ0) is 13.8. The van der Waals surface area contributed by atoms with Gasteiger partial charge in [0, 0.05) is 9.35 Å². The molecule has 0 aliphatic carbocycles. The number of aryl methyl sites for hydroxylation is 2. The van der Waals surface area contributed by atoms with E-state index in [1.807, 2.05) is 11.3 Å². The van der Waals surface area contributed by atoms with Gasteiger partial charge in [0.25, 0.3) is 0 Å². The van der Waals surface area contributed by atoms with Gasteiger partial charge >= 0.3 is 0 Å². The van der Waals surface area contributed by atoms with Crippen molar-refractivity contribution in [3.05, 3.63) is 55.7 Å². The lowest BCUT2D eigenvalue weighted by molar-refractivity contribution is 0.597. The molecule has 2 rings (SSSR count). The third-order valence-corrected chi connectivity index (χ3v) is 4.61. The quantitative estimate of drug-likeness (QED) is 0.788. The Morgan fingerprint density at radius 3 is 2.68 bits per heavy atom. The van der Waals surface area contributed by atoms with Gasteiger partial charge in [-0.2, -0.15) is 0 Å². The second-order valence-electron chi connectivity index (χ2n) is 4.88. The van der Waals surface area contributed by atoms with E-state index in [0.717, 1.165) is 17.4 Å². The Hall–Kier alpha value is -0.640. The van der Waals surface area contributed by atoms with Crippen molar-refractivity contribution in [2.24, 2.45) is 0 Å². The number of hydrogen-bond acceptors (Lipinski definition) is 2. The van der Waals surface area contributed by atoms with Crippen LogP contribution in [0.25, 0.3) is 0 Å². The van der Waals surface area contributed by atoms with Crippen LogP contribution in [0.5, 0.6) is 0 Å². The third-order valence-electron chi connectivity index (χ3n) is 3.23. The smallest absolute Gasteiger partial charge is 0.0588 e. The van der Waals surface area contributed by atoms with E-state index in [-0.39, 0.29) is 0 Å². The standard InChI is InChI=1S/C16H20BrNS/c1-4-7-18-16(13-8-12(3)19-10-13)15-9-14(17)6-5-11(15)2/h5-6,8-10,16,18H,4,7H2,1-3H3. The topological polar surface area (TPSA) is 12.0 Å². The lowest BCUT2D eigenvalue weighted by Gasteiger charge is -2.20. The molecule has 0 saturated carbocycles. The van der Waals surface area contributed by atoms with Crippen molar-refractivity contribution < 1.29 is 0 Å². The highest BCUT2D eigenvalue weighted by Gasteiger charge is 2.16. The van der Waals surface area contributed by atoms with Crippen LogP contribution in [0.4, 0.5) is 0 Å². The van der Waals surface area contributed by atoms with E-state index in [1.165, 1.54) is 21.6 Å². The number of nitrogens with one attached hydrogen (secondary N) is 1. The molecule has 3 heteroatoms. The van der Waals surface area contributed by atoms with Gasteiger partial charge < -0.3 is 5.32 Å². The molecule has 102 valence electrons. The molecule has 0 aliphatic heterocycles. The van der Waals surface area contributed by atoms with Crippen molar-refractivity contribution in [1.82, 2.24) is 5.32 Å². The van der Waals surface area contributed by atoms with Gasteiger partial charge in [0.15, 0.2) is 0 Å². The van der Waals surface area contributed by atoms with Crippen molar-refractivity contribution >= 4 is 27.3 Å². The Kier molecular flexibility index (Phi) is 5.20. The Morgan fingerprint density at radius 2 is 2.05 bits per heavy atom. The molecule has 0 saturated heterocycles. The number of thiophene rings is 1. The molecular formula is C16H20BrNS. The van der Waals surface area contributed by atoms with E-state index in [2.05, 4.69) is 71.7 Å². The van der Waals surface area contributed by atoms with Gasteiger partial charge in [0.1, 0.15) is 0 Å². The fourth-order valence-electron chi connectivity index (χ4n) is 2.23. The number of benzene rings is 1. The molecule has 1 unspecified atom stereocenters. The van der Waals surface area contributed by atoms with Crippen LogP contribution < -0.4 is 5.32 Å². The third kappa shape index (κ3) is 3.68. The van der Waals surface area contributed by atoms with Crippen molar-refractivity contribution in [3.63, 3.8) is 0 Å². The van der Waals surface area contributed by atoms with Crippen LogP contribution >= 0.6 is 27.3 Å². The second kappa shape index (κ2) is 6.69. The number of halogens is 1. The second-order valence-corrected chi connectivity index (χ2v) is 6.91. The van der Waals surface area contributed by atoms with Crippen molar-refractivity contribution in [1.29, 1.82) is 0 Å². The average molecular weight is 338 g/mol. The summed E-state index contributed by atoms with van der Waals surface area (Å²) in [6, 6.07) is 9.10. The van der Waals surface area contributed by atoms with Gasteiger partial charge in [-0.3, -0.25) is 0 Å². The van der Waals surface area contributed by atoms with Crippen LogP contribution in [0.15, 0.2) is 34.1 Å². The average Bonchev–Trinajstić information content (AvgIpc) is 2.80. The molecule has 0 bridgehead atoms. The van der Waals surface area contributed by atoms with E-state index in [9.17, 15) is 0 Å². The summed E-state index contributed by atoms with van der Waals surface area (Å²) >= 11 is 5.40. The first-order valence-corrected chi connectivity index (χ1v) is 8.33. The first kappa shape index (κ1) is 14.8. The maximum Gasteiger partial charge on any atom is 0.0588 e. The van der Waals surface area contributed by atoms with Gasteiger partial charge in [-0.15, -0.1) is 11.3 Å². The molecule has 0 aliphatic rings. The van der Waals surface area contributed by atoms with Crippen molar-refractivity contribution in [3.8, 4) is 0 Å². The van der Waals surface area contributed by atoms with Crippen LogP contribution in [-0.4, -0.2) is 6.54 Å². The molecule has 2 aromatic rings. The normalized spacial score (nSPS) is 12.6. The highest BCUT2D eigenvalue weighted by molar-refractivity contribution is 9.10. The molecule has 0 radical (unpaired) electrons. The highest BCUT2D eigenvalue weighted by atomic mass is 79.9. The van der Waals surface area contributed by atoms with Crippen molar-refractivity contribution in [2.45, 2.75) is 33.2 Å². The summed E-state index contributed by atoms with van der Waals surface area (Å²) in [5, 5.41) is 5.94. The zero-order valence-electron chi connectivity index (χ0n) is 11.7. The summed E-state index contributed by atoms with van der Waals surface area (Å²) in [5.74, 6) is 0. The SMILES string of the molecule is CCCNC(c1csc(C)c1)c1cc(Br)ccc1C. The summed E-state index contributed by atoms with van der Waals surface area (Å²) in [6.45, 7) is 7.59. The Labute approximate surface area is 128 Å². The van der Waals surface area contributed by atoms with E-state index >= 15 is 0 Å². The van der Waals surface area contributed by atoms with Crippen LogP contribution in [0.2, 0.25) is 0 Å². The first-order chi connectivity index (χ1) is 9.11. The van der Waals surface area contributed by atoms with E-state index in [0.29, 0.717) is 6.04 Å². The van der Waals surface area contributed by atoms with Crippen LogP contribution in [0, 0.1) is 13.8 Å². The molecule has 1 nitrogen and oxygen atoms in total. The minimum atomic E-state index is 0.294. The first-order valence-electron chi connectivity index (χ1n) is 6.66. The molecule has 0 fully saturated rings. The van der Waals surface area contributed by atoms with Crippen LogP contribution in [0.1, 0.15) is 41.0 Å². The Morgan fingerprint density at radius 1 is 1.26 bits per heavy atom. The fourth-order valence-corrected chi connectivity index (χ4v) is 3.34. The summed E-state index contributed by atoms with van der Waals surface area (Å²) < 4.78 is 1.14. The molecule has 1 heterocycles. The number of hydrogen-bond donors (Lipinski definition) is 1. The van der Waals surface area contributed by atoms with Gasteiger partial charge in [-0.25, -0.2) is 0 Å². The highest BCUT2D eigenvalue weighted by Crippen LogP contribution is 2.30. The molecular weight excluding hydrogens is 318 g/mol. The van der Waals surface area contributed by atoms with Gasteiger partial charge in [0.05, 0.1) is 6.04 Å². The minimum Gasteiger partial charge on any atom is -0.306 e. The van der Waals surface area contributed by atoms with E-state index in [1.54, 1.807) is 0 Å². The molecule has 1 N–H and O–H groups in total. The maximum atomic E-state index is 3.67. The molecule has 1 aromatic carbocycles. The monoisotopic (exact) mass is 337 g/mol. The minimum absolute atomic E-state index is 0.294. The Balaban J connectivity index is 2.39. The zero-order valence-corrected chi connectivity index (χ0v) is 14.1. The summed E-state index contributed by atoms with van der Waals surface area (Å²) in [4.78, 5) is 1.37. The lowest BCUT2D eigenvalue weighted by atomic mass is 9.96. The largest absolute Gasteiger partial charge is 0.306 e. The van der Waals surface area contributed by atoms with Crippen LogP contribution in [0.3, 0.4) is 0 Å². The predicted molar refractivity (Wildman–Crippen MR) is 88.1 cm³/mol. The number of rotatable bonds is 5. The van der Waals surface area contributed by atoms with Gasteiger partial charge in [-0.05, 0) is 67.1 Å². The summed E-state index contributed by atoms with van der Waals surface area (Å²) in [6.07, 6.45) is 1.15. The van der Waals surface area contributed by atoms with Crippen LogP contribution in [-0.2, 0) is 0 Å². The predicted octanol–water partition coefficient (Wildman–Crippen LogP) is 5.22. The van der Waals surface area contributed by atoms with Gasteiger partial charge in [0.2, 0.25) is 0 Å². The summed E-state index contributed by atoms with van der Waals surface area (Å²) in [5.41, 5.74) is 4.07. The molecule has 1 aromatic heterocycles. The Bertz CT molecular complexity index is 547. The fraction of sp³-hybridized carbons (Fsp3) is 0.375.